The zero-order chi connectivity index (χ0) is 18.1. The normalized spacial score (nSPS) is 11.8. The minimum Gasteiger partial charge on any atom is -0.492 e. The molecule has 0 fully saturated rings. The fraction of sp³-hybridized carbons (Fsp3) is 0.350. The van der Waals surface area contributed by atoms with Crippen LogP contribution in [-0.4, -0.2) is 25.6 Å². The maximum absolute atomic E-state index is 12.0. The highest BCUT2D eigenvalue weighted by molar-refractivity contribution is 6.30. The van der Waals surface area contributed by atoms with Gasteiger partial charge in [-0.3, -0.25) is 4.79 Å². The molecule has 0 radical (unpaired) electrons. The predicted molar refractivity (Wildman–Crippen MR) is 102 cm³/mol. The third-order valence-electron chi connectivity index (χ3n) is 3.91. The standard InChI is InChI=1S/C20H25ClN2O2/c1-3-16-4-6-17(7-5-16)15(2)23-20(24)14-22-12-13-25-19-10-8-18(21)9-11-19/h4-11,15,22H,3,12-14H2,1-2H3,(H,23,24). The topological polar surface area (TPSA) is 50.4 Å². The molecule has 2 rings (SSSR count). The van der Waals surface area contributed by atoms with Crippen LogP contribution in [0.25, 0.3) is 0 Å². The largest absolute Gasteiger partial charge is 0.492 e. The Morgan fingerprint density at radius 2 is 1.80 bits per heavy atom. The zero-order valence-corrected chi connectivity index (χ0v) is 15.5. The van der Waals surface area contributed by atoms with Crippen molar-refractivity contribution in [1.82, 2.24) is 10.6 Å². The molecule has 2 N–H and O–H groups in total. The van der Waals surface area contributed by atoms with Crippen molar-refractivity contribution in [3.8, 4) is 5.75 Å². The SMILES string of the molecule is CCc1ccc(C(C)NC(=O)CNCCOc2ccc(Cl)cc2)cc1. The number of rotatable bonds is 9. The van der Waals surface area contributed by atoms with Gasteiger partial charge in [0.05, 0.1) is 12.6 Å². The molecule has 0 spiro atoms. The van der Waals surface area contributed by atoms with Gasteiger partial charge in [0.2, 0.25) is 5.91 Å². The van der Waals surface area contributed by atoms with Crippen LogP contribution in [0.15, 0.2) is 48.5 Å². The third kappa shape index (κ3) is 6.77. The third-order valence-corrected chi connectivity index (χ3v) is 4.16. The summed E-state index contributed by atoms with van der Waals surface area (Å²) < 4.78 is 5.56. The fourth-order valence-electron chi connectivity index (χ4n) is 2.39. The number of nitrogens with one attached hydrogen (secondary N) is 2. The van der Waals surface area contributed by atoms with Crippen molar-refractivity contribution in [2.24, 2.45) is 0 Å². The average molecular weight is 361 g/mol. The summed E-state index contributed by atoms with van der Waals surface area (Å²) in [6.45, 7) is 5.46. The number of aryl methyl sites for hydroxylation is 1. The zero-order valence-electron chi connectivity index (χ0n) is 14.7. The second-order valence-electron chi connectivity index (χ2n) is 5.86. The van der Waals surface area contributed by atoms with Gasteiger partial charge in [-0.2, -0.15) is 0 Å². The van der Waals surface area contributed by atoms with Gasteiger partial charge < -0.3 is 15.4 Å². The summed E-state index contributed by atoms with van der Waals surface area (Å²) in [4.78, 5) is 12.0. The highest BCUT2D eigenvalue weighted by Gasteiger charge is 2.09. The highest BCUT2D eigenvalue weighted by atomic mass is 35.5. The molecule has 2 aromatic rings. The number of carbonyl (C=O) groups excluding carboxylic acids is 1. The minimum atomic E-state index is -0.0291. The molecular formula is C20H25ClN2O2. The number of hydrogen-bond donors (Lipinski definition) is 2. The molecule has 0 aliphatic rings. The molecule has 0 aliphatic heterocycles. The number of benzene rings is 2. The molecule has 0 aliphatic carbocycles. The molecule has 1 amide bonds. The Labute approximate surface area is 154 Å². The Hall–Kier alpha value is -2.04. The fourth-order valence-corrected chi connectivity index (χ4v) is 2.52. The van der Waals surface area contributed by atoms with Gasteiger partial charge in [-0.15, -0.1) is 0 Å². The lowest BCUT2D eigenvalue weighted by Gasteiger charge is -2.15. The number of carbonyl (C=O) groups is 1. The summed E-state index contributed by atoms with van der Waals surface area (Å²) in [5.74, 6) is 0.735. The summed E-state index contributed by atoms with van der Waals surface area (Å²) in [6.07, 6.45) is 1.02. The van der Waals surface area contributed by atoms with E-state index in [-0.39, 0.29) is 18.5 Å². The maximum Gasteiger partial charge on any atom is 0.234 e. The maximum atomic E-state index is 12.0. The molecule has 0 bridgehead atoms. The molecule has 1 atom stereocenters. The first-order valence-corrected chi connectivity index (χ1v) is 8.93. The van der Waals surface area contributed by atoms with Gasteiger partial charge in [0.1, 0.15) is 12.4 Å². The molecule has 5 heteroatoms. The van der Waals surface area contributed by atoms with E-state index in [1.165, 1.54) is 5.56 Å². The van der Waals surface area contributed by atoms with E-state index in [9.17, 15) is 4.79 Å². The van der Waals surface area contributed by atoms with E-state index < -0.39 is 0 Å². The van der Waals surface area contributed by atoms with Crippen molar-refractivity contribution in [2.45, 2.75) is 26.3 Å². The number of hydrogen-bond acceptors (Lipinski definition) is 3. The van der Waals surface area contributed by atoms with Gasteiger partial charge in [-0.05, 0) is 48.7 Å². The van der Waals surface area contributed by atoms with Crippen molar-refractivity contribution >= 4 is 17.5 Å². The van der Waals surface area contributed by atoms with Crippen LogP contribution in [-0.2, 0) is 11.2 Å². The number of ether oxygens (including phenoxy) is 1. The van der Waals surface area contributed by atoms with E-state index in [1.807, 2.05) is 19.1 Å². The number of halogens is 1. The molecule has 25 heavy (non-hydrogen) atoms. The van der Waals surface area contributed by atoms with Gasteiger partial charge in [-0.25, -0.2) is 0 Å². The summed E-state index contributed by atoms with van der Waals surface area (Å²) in [5.41, 5.74) is 2.40. The first-order valence-electron chi connectivity index (χ1n) is 8.55. The van der Waals surface area contributed by atoms with E-state index in [2.05, 4.69) is 41.8 Å². The molecular weight excluding hydrogens is 336 g/mol. The van der Waals surface area contributed by atoms with Crippen LogP contribution in [0.4, 0.5) is 0 Å². The summed E-state index contributed by atoms with van der Waals surface area (Å²) in [7, 11) is 0. The Bertz CT molecular complexity index is 656. The molecule has 134 valence electrons. The van der Waals surface area contributed by atoms with Crippen LogP contribution >= 0.6 is 11.6 Å². The molecule has 0 aromatic heterocycles. The molecule has 4 nitrogen and oxygen atoms in total. The van der Waals surface area contributed by atoms with Gasteiger partial charge >= 0.3 is 0 Å². The van der Waals surface area contributed by atoms with E-state index in [0.717, 1.165) is 17.7 Å². The van der Waals surface area contributed by atoms with Crippen LogP contribution in [0.3, 0.4) is 0 Å². The quantitative estimate of drug-likeness (QED) is 0.669. The molecule has 0 saturated heterocycles. The van der Waals surface area contributed by atoms with Gasteiger partial charge in [0, 0.05) is 11.6 Å². The van der Waals surface area contributed by atoms with Gasteiger partial charge in [0.25, 0.3) is 0 Å². The lowest BCUT2D eigenvalue weighted by molar-refractivity contribution is -0.120. The first kappa shape index (κ1) is 19.3. The van der Waals surface area contributed by atoms with E-state index >= 15 is 0 Å². The van der Waals surface area contributed by atoms with Crippen molar-refractivity contribution in [3.05, 3.63) is 64.7 Å². The highest BCUT2D eigenvalue weighted by Crippen LogP contribution is 2.15. The lowest BCUT2D eigenvalue weighted by atomic mass is 10.1. The van der Waals surface area contributed by atoms with Crippen LogP contribution in [0, 0.1) is 0 Å². The molecule has 0 heterocycles. The number of amides is 1. The Morgan fingerprint density at radius 1 is 1.12 bits per heavy atom. The first-order chi connectivity index (χ1) is 12.1. The Balaban J connectivity index is 1.63. The molecule has 1 unspecified atom stereocenters. The van der Waals surface area contributed by atoms with Gasteiger partial charge in [-0.1, -0.05) is 42.8 Å². The van der Waals surface area contributed by atoms with Crippen molar-refractivity contribution in [1.29, 1.82) is 0 Å². The molecule has 0 saturated carbocycles. The lowest BCUT2D eigenvalue weighted by Crippen LogP contribution is -2.36. The summed E-state index contributed by atoms with van der Waals surface area (Å²) >= 11 is 5.82. The minimum absolute atomic E-state index is 0.00877. The van der Waals surface area contributed by atoms with Crippen molar-refractivity contribution in [2.75, 3.05) is 19.7 Å². The summed E-state index contributed by atoms with van der Waals surface area (Å²) in [6, 6.07) is 15.5. The Morgan fingerprint density at radius 3 is 2.44 bits per heavy atom. The second-order valence-corrected chi connectivity index (χ2v) is 6.30. The van der Waals surface area contributed by atoms with Crippen LogP contribution < -0.4 is 15.4 Å². The van der Waals surface area contributed by atoms with E-state index in [0.29, 0.717) is 18.2 Å². The Kier molecular flexibility index (Phi) is 7.76. The average Bonchev–Trinajstić information content (AvgIpc) is 2.63. The second kappa shape index (κ2) is 10.1. The van der Waals surface area contributed by atoms with Gasteiger partial charge in [0.15, 0.2) is 0 Å². The van der Waals surface area contributed by atoms with E-state index in [1.54, 1.807) is 12.1 Å². The van der Waals surface area contributed by atoms with Crippen LogP contribution in [0.1, 0.15) is 31.0 Å². The van der Waals surface area contributed by atoms with Crippen LogP contribution in [0.5, 0.6) is 5.75 Å². The van der Waals surface area contributed by atoms with Crippen molar-refractivity contribution in [3.63, 3.8) is 0 Å². The predicted octanol–water partition coefficient (Wildman–Crippen LogP) is 3.75. The van der Waals surface area contributed by atoms with E-state index in [4.69, 9.17) is 16.3 Å². The smallest absolute Gasteiger partial charge is 0.234 e. The van der Waals surface area contributed by atoms with Crippen molar-refractivity contribution < 1.29 is 9.53 Å². The monoisotopic (exact) mass is 360 g/mol. The molecule has 2 aromatic carbocycles. The van der Waals surface area contributed by atoms with Crippen LogP contribution in [0.2, 0.25) is 5.02 Å². The summed E-state index contributed by atoms with van der Waals surface area (Å²) in [5, 5.41) is 6.75.